The van der Waals surface area contributed by atoms with Gasteiger partial charge in [-0.05, 0) is 49.1 Å². The Kier molecular flexibility index (Phi) is 5.68. The quantitative estimate of drug-likeness (QED) is 0.330. The predicted octanol–water partition coefficient (Wildman–Crippen LogP) is 6.05. The highest BCUT2D eigenvalue weighted by Gasteiger charge is 2.33. The fourth-order valence-electron chi connectivity index (χ4n) is 5.57. The SMILES string of the molecule is CCc1cccc2c(/C=C3/C(=O)N(c4ccccc4)c4ccccc43)cn(CC(=O)N3CCCC3)c12. The van der Waals surface area contributed by atoms with Crippen LogP contribution in [0.1, 0.15) is 36.5 Å². The monoisotopic (exact) mass is 475 g/mol. The molecule has 36 heavy (non-hydrogen) atoms. The summed E-state index contributed by atoms with van der Waals surface area (Å²) in [4.78, 5) is 30.6. The maximum Gasteiger partial charge on any atom is 0.263 e. The van der Waals surface area contributed by atoms with Gasteiger partial charge in [0.05, 0.1) is 16.8 Å². The van der Waals surface area contributed by atoms with E-state index < -0.39 is 0 Å². The van der Waals surface area contributed by atoms with E-state index in [1.807, 2.05) is 71.8 Å². The van der Waals surface area contributed by atoms with E-state index in [4.69, 9.17) is 0 Å². The van der Waals surface area contributed by atoms with Gasteiger partial charge in [0.2, 0.25) is 5.91 Å². The molecule has 3 aromatic carbocycles. The Balaban J connectivity index is 1.47. The molecule has 0 radical (unpaired) electrons. The van der Waals surface area contributed by atoms with Gasteiger partial charge in [-0.1, -0.05) is 61.5 Å². The lowest BCUT2D eigenvalue weighted by Gasteiger charge is -2.16. The van der Waals surface area contributed by atoms with E-state index in [0.717, 1.165) is 65.8 Å². The van der Waals surface area contributed by atoms with Crippen LogP contribution in [-0.4, -0.2) is 34.4 Å². The van der Waals surface area contributed by atoms with Crippen LogP contribution in [0.2, 0.25) is 0 Å². The van der Waals surface area contributed by atoms with Crippen molar-refractivity contribution in [3.63, 3.8) is 0 Å². The second-order valence-corrected chi connectivity index (χ2v) is 9.52. The van der Waals surface area contributed by atoms with Gasteiger partial charge in [-0.25, -0.2) is 0 Å². The standard InChI is InChI=1S/C31H29N3O2/c1-2-22-11-10-15-25-23(20-33(30(22)25)21-29(35)32-17-8-9-18-32)19-27-26-14-6-7-16-28(26)34(31(27)36)24-12-4-3-5-13-24/h3-7,10-16,19-20H,2,8-9,17-18,21H2,1H3/b27-19+. The molecule has 0 bridgehead atoms. The zero-order valence-corrected chi connectivity index (χ0v) is 20.5. The molecular formula is C31H29N3O2. The van der Waals surface area contributed by atoms with Crippen LogP contribution in [0.25, 0.3) is 22.6 Å². The lowest BCUT2D eigenvalue weighted by atomic mass is 10.0. The molecule has 180 valence electrons. The summed E-state index contributed by atoms with van der Waals surface area (Å²) in [7, 11) is 0. The Morgan fingerprint density at radius 3 is 2.44 bits per heavy atom. The lowest BCUT2D eigenvalue weighted by molar-refractivity contribution is -0.130. The summed E-state index contributed by atoms with van der Waals surface area (Å²) < 4.78 is 2.08. The van der Waals surface area contributed by atoms with Gasteiger partial charge in [0, 0.05) is 41.5 Å². The molecule has 5 heteroatoms. The first-order valence-corrected chi connectivity index (χ1v) is 12.7. The minimum atomic E-state index is -0.0388. The van der Waals surface area contributed by atoms with Gasteiger partial charge < -0.3 is 9.47 Å². The van der Waals surface area contributed by atoms with Crippen LogP contribution in [0.5, 0.6) is 0 Å². The van der Waals surface area contributed by atoms with Crippen molar-refractivity contribution in [2.45, 2.75) is 32.7 Å². The van der Waals surface area contributed by atoms with Gasteiger partial charge in [0.25, 0.3) is 5.91 Å². The van der Waals surface area contributed by atoms with Crippen LogP contribution in [0.15, 0.2) is 79.0 Å². The first-order valence-electron chi connectivity index (χ1n) is 12.7. The van der Waals surface area contributed by atoms with Gasteiger partial charge in [-0.15, -0.1) is 0 Å². The number of amides is 2. The molecule has 0 unspecified atom stereocenters. The van der Waals surface area contributed by atoms with Crippen molar-refractivity contribution in [3.05, 3.63) is 95.7 Å². The molecule has 0 spiro atoms. The molecule has 4 aromatic rings. The third-order valence-electron chi connectivity index (χ3n) is 7.34. The predicted molar refractivity (Wildman–Crippen MR) is 145 cm³/mol. The molecule has 0 aliphatic carbocycles. The summed E-state index contributed by atoms with van der Waals surface area (Å²) in [5.41, 5.74) is 6.58. The second kappa shape index (κ2) is 9.15. The smallest absolute Gasteiger partial charge is 0.263 e. The van der Waals surface area contributed by atoms with Crippen LogP contribution in [0.4, 0.5) is 11.4 Å². The van der Waals surface area contributed by atoms with Gasteiger partial charge in [-0.2, -0.15) is 0 Å². The number of para-hydroxylation sites is 3. The highest BCUT2D eigenvalue weighted by Crippen LogP contribution is 2.42. The third kappa shape index (κ3) is 3.72. The van der Waals surface area contributed by atoms with Gasteiger partial charge in [0.1, 0.15) is 6.54 Å². The van der Waals surface area contributed by atoms with Crippen molar-refractivity contribution in [1.29, 1.82) is 0 Å². The molecule has 0 N–H and O–H groups in total. The fraction of sp³-hybridized carbons (Fsp3) is 0.226. The Bertz CT molecular complexity index is 1490. The molecule has 1 saturated heterocycles. The van der Waals surface area contributed by atoms with Gasteiger partial charge in [-0.3, -0.25) is 14.5 Å². The Labute approximate surface area is 211 Å². The van der Waals surface area contributed by atoms with Crippen LogP contribution < -0.4 is 4.90 Å². The highest BCUT2D eigenvalue weighted by molar-refractivity contribution is 6.38. The maximum atomic E-state index is 13.8. The number of aromatic nitrogens is 1. The zero-order chi connectivity index (χ0) is 24.6. The number of hydrogen-bond donors (Lipinski definition) is 0. The van der Waals surface area contributed by atoms with E-state index in [0.29, 0.717) is 12.1 Å². The molecule has 6 rings (SSSR count). The molecule has 0 atom stereocenters. The molecule has 2 aliphatic heterocycles. The van der Waals surface area contributed by atoms with Crippen molar-refractivity contribution in [1.82, 2.24) is 9.47 Å². The first-order chi connectivity index (χ1) is 17.7. The second-order valence-electron chi connectivity index (χ2n) is 9.52. The minimum Gasteiger partial charge on any atom is -0.341 e. The largest absolute Gasteiger partial charge is 0.341 e. The Morgan fingerprint density at radius 2 is 1.67 bits per heavy atom. The number of carbonyl (C=O) groups is 2. The van der Waals surface area contributed by atoms with Crippen LogP contribution >= 0.6 is 0 Å². The summed E-state index contributed by atoms with van der Waals surface area (Å²) in [5.74, 6) is 0.120. The van der Waals surface area contributed by atoms with Crippen LogP contribution in [0, 0.1) is 0 Å². The van der Waals surface area contributed by atoms with Crippen molar-refractivity contribution < 1.29 is 9.59 Å². The molecule has 3 heterocycles. The van der Waals surface area contributed by atoms with Crippen molar-refractivity contribution in [2.75, 3.05) is 18.0 Å². The molecule has 0 saturated carbocycles. The van der Waals surface area contributed by atoms with E-state index in [9.17, 15) is 9.59 Å². The number of nitrogens with zero attached hydrogens (tertiary/aromatic N) is 3. The molecule has 5 nitrogen and oxygen atoms in total. The van der Waals surface area contributed by atoms with Crippen molar-refractivity contribution >= 4 is 45.7 Å². The molecule has 2 amide bonds. The summed E-state index contributed by atoms with van der Waals surface area (Å²) >= 11 is 0. The number of rotatable bonds is 5. The number of carbonyl (C=O) groups excluding carboxylic acids is 2. The summed E-state index contributed by atoms with van der Waals surface area (Å²) in [6.45, 7) is 4.14. The fourth-order valence-corrected chi connectivity index (χ4v) is 5.57. The number of benzene rings is 3. The number of hydrogen-bond acceptors (Lipinski definition) is 2. The Morgan fingerprint density at radius 1 is 0.917 bits per heavy atom. The molecule has 2 aliphatic rings. The van der Waals surface area contributed by atoms with E-state index in [2.05, 4.69) is 29.7 Å². The average molecular weight is 476 g/mol. The van der Waals surface area contributed by atoms with E-state index in [1.165, 1.54) is 5.56 Å². The summed E-state index contributed by atoms with van der Waals surface area (Å²) in [6, 6.07) is 24.0. The third-order valence-corrected chi connectivity index (χ3v) is 7.34. The van der Waals surface area contributed by atoms with Crippen LogP contribution in [-0.2, 0) is 22.6 Å². The normalized spacial score (nSPS) is 16.4. The van der Waals surface area contributed by atoms with E-state index in [-0.39, 0.29) is 11.8 Å². The Hall–Kier alpha value is -4.12. The topological polar surface area (TPSA) is 45.6 Å². The molecule has 1 fully saturated rings. The number of aryl methyl sites for hydroxylation is 1. The summed E-state index contributed by atoms with van der Waals surface area (Å²) in [5, 5.41) is 1.07. The van der Waals surface area contributed by atoms with E-state index in [1.54, 1.807) is 4.90 Å². The number of likely N-dealkylation sites (tertiary alicyclic amines) is 1. The lowest BCUT2D eigenvalue weighted by Crippen LogP contribution is -2.30. The number of fused-ring (bicyclic) bond motifs is 2. The molecular weight excluding hydrogens is 446 g/mol. The minimum absolute atomic E-state index is 0.0388. The maximum absolute atomic E-state index is 13.8. The van der Waals surface area contributed by atoms with E-state index >= 15 is 0 Å². The average Bonchev–Trinajstić information content (AvgIpc) is 3.63. The number of anilines is 2. The van der Waals surface area contributed by atoms with Crippen molar-refractivity contribution in [2.24, 2.45) is 0 Å². The van der Waals surface area contributed by atoms with Gasteiger partial charge in [0.15, 0.2) is 0 Å². The molecule has 1 aromatic heterocycles. The zero-order valence-electron chi connectivity index (χ0n) is 20.5. The highest BCUT2D eigenvalue weighted by atomic mass is 16.2. The summed E-state index contributed by atoms with van der Waals surface area (Å²) in [6.07, 6.45) is 7.08. The van der Waals surface area contributed by atoms with Crippen LogP contribution in [0.3, 0.4) is 0 Å². The first kappa shape index (κ1) is 22.4. The van der Waals surface area contributed by atoms with Crippen molar-refractivity contribution in [3.8, 4) is 0 Å². The van der Waals surface area contributed by atoms with Gasteiger partial charge >= 0.3 is 0 Å².